The van der Waals surface area contributed by atoms with Crippen LogP contribution < -0.4 is 0 Å². The number of hydrogen-bond donors (Lipinski definition) is 4. The SMILES string of the molecule is O=C(O)c1cc(N=Nc2ccc(-c3ccc(N=Nc4cc(S(=O)(=O)O)c5ccccc5c4O)cc3)c([N+](=O)[O-])c2)ccc1O.[Na].[Na]. The molecule has 222 valence electrons. The maximum atomic E-state index is 11.9. The summed E-state index contributed by atoms with van der Waals surface area (Å²) in [6.07, 6.45) is 0. The fraction of sp³-hybridized carbons (Fsp3) is 0. The van der Waals surface area contributed by atoms with Gasteiger partial charge in [0.25, 0.3) is 15.8 Å². The standard InChI is InChI=1S/C29H19N5O9S.2Na/c35-26-12-10-18(13-23(26)29(37)38)31-32-19-9-11-20(25(14-19)34(39)40)16-5-7-17(8-6-16)30-33-24-15-27(44(41,42)43)21-3-1-2-4-22(21)28(24)36;;/h1-15,35-36H,(H,37,38)(H,41,42,43);;. The monoisotopic (exact) mass is 659 g/mol. The van der Waals surface area contributed by atoms with Gasteiger partial charge in [0.2, 0.25) is 0 Å². The summed E-state index contributed by atoms with van der Waals surface area (Å²) in [7, 11) is -4.64. The van der Waals surface area contributed by atoms with E-state index >= 15 is 0 Å². The fourth-order valence-corrected chi connectivity index (χ4v) is 4.99. The van der Waals surface area contributed by atoms with Crippen LogP contribution in [-0.4, -0.2) is 98.3 Å². The van der Waals surface area contributed by atoms with E-state index in [9.17, 15) is 38.1 Å². The van der Waals surface area contributed by atoms with Gasteiger partial charge >= 0.3 is 5.97 Å². The zero-order valence-electron chi connectivity index (χ0n) is 24.1. The number of aromatic hydroxyl groups is 2. The summed E-state index contributed by atoms with van der Waals surface area (Å²) in [5.74, 6) is -2.14. The van der Waals surface area contributed by atoms with Gasteiger partial charge in [-0.3, -0.25) is 14.7 Å². The fourth-order valence-electron chi connectivity index (χ4n) is 4.27. The van der Waals surface area contributed by atoms with Crippen molar-refractivity contribution in [2.45, 2.75) is 4.90 Å². The molecule has 0 aromatic heterocycles. The minimum absolute atomic E-state index is 0. The summed E-state index contributed by atoms with van der Waals surface area (Å²) in [5.41, 5.74) is 0.350. The van der Waals surface area contributed by atoms with E-state index in [-0.39, 0.29) is 115 Å². The van der Waals surface area contributed by atoms with Gasteiger partial charge in [-0.15, -0.1) is 5.11 Å². The maximum absolute atomic E-state index is 11.9. The number of carboxylic acid groups (broad SMARTS) is 1. The molecule has 14 nitrogen and oxygen atoms in total. The van der Waals surface area contributed by atoms with E-state index in [2.05, 4.69) is 20.5 Å². The molecule has 5 aromatic carbocycles. The van der Waals surface area contributed by atoms with Gasteiger partial charge < -0.3 is 15.3 Å². The summed E-state index contributed by atoms with van der Waals surface area (Å²) in [5, 5.41) is 57.3. The van der Waals surface area contributed by atoms with Crippen LogP contribution in [0.1, 0.15) is 10.4 Å². The Morgan fingerprint density at radius 3 is 1.91 bits per heavy atom. The zero-order chi connectivity index (χ0) is 31.6. The molecule has 0 saturated heterocycles. The van der Waals surface area contributed by atoms with Crippen LogP contribution in [0.2, 0.25) is 0 Å². The average Bonchev–Trinajstić information content (AvgIpc) is 3.00. The van der Waals surface area contributed by atoms with Crippen molar-refractivity contribution in [3.05, 3.63) is 107 Å². The molecule has 0 aliphatic carbocycles. The second-order valence-electron chi connectivity index (χ2n) is 9.18. The molecular weight excluding hydrogens is 640 g/mol. The third kappa shape index (κ3) is 8.01. The van der Waals surface area contributed by atoms with Crippen LogP contribution in [0.3, 0.4) is 0 Å². The van der Waals surface area contributed by atoms with Gasteiger partial charge in [0, 0.05) is 76.0 Å². The van der Waals surface area contributed by atoms with Crippen molar-refractivity contribution in [1.82, 2.24) is 0 Å². The van der Waals surface area contributed by atoms with E-state index in [1.165, 1.54) is 48.5 Å². The first-order valence-electron chi connectivity index (χ1n) is 12.4. The molecule has 5 aromatic rings. The number of nitrogens with zero attached hydrogens (tertiary/aromatic N) is 5. The molecular formula is C29H19N5Na2O9S. The number of azo groups is 2. The Kier molecular flexibility index (Phi) is 11.9. The number of aromatic carboxylic acids is 1. The summed E-state index contributed by atoms with van der Waals surface area (Å²) in [6.45, 7) is 0. The Labute approximate surface area is 304 Å². The summed E-state index contributed by atoms with van der Waals surface area (Å²) < 4.78 is 33.5. The molecule has 2 radical (unpaired) electrons. The van der Waals surface area contributed by atoms with Crippen LogP contribution in [0, 0.1) is 10.1 Å². The molecule has 0 unspecified atom stereocenters. The first kappa shape index (κ1) is 36.4. The molecule has 0 fully saturated rings. The molecule has 0 atom stereocenters. The minimum Gasteiger partial charge on any atom is -0.507 e. The van der Waals surface area contributed by atoms with Crippen LogP contribution in [0.25, 0.3) is 21.9 Å². The normalized spacial score (nSPS) is 11.3. The van der Waals surface area contributed by atoms with Gasteiger partial charge in [0.05, 0.1) is 27.5 Å². The van der Waals surface area contributed by atoms with Crippen molar-refractivity contribution in [2.24, 2.45) is 20.5 Å². The summed E-state index contributed by atoms with van der Waals surface area (Å²) in [4.78, 5) is 22.0. The Hall–Kier alpha value is -4.06. The molecule has 0 heterocycles. The molecule has 0 aliphatic heterocycles. The van der Waals surface area contributed by atoms with Crippen molar-refractivity contribution in [2.75, 3.05) is 0 Å². The average molecular weight is 660 g/mol. The molecule has 0 saturated carbocycles. The largest absolute Gasteiger partial charge is 0.507 e. The van der Waals surface area contributed by atoms with Gasteiger partial charge in [0.1, 0.15) is 21.9 Å². The first-order chi connectivity index (χ1) is 20.9. The van der Waals surface area contributed by atoms with Gasteiger partial charge in [-0.05, 0) is 54.1 Å². The molecule has 0 amide bonds. The van der Waals surface area contributed by atoms with Crippen LogP contribution in [0.5, 0.6) is 11.5 Å². The molecule has 5 rings (SSSR count). The molecule has 0 spiro atoms. The van der Waals surface area contributed by atoms with Crippen molar-refractivity contribution < 1.29 is 38.0 Å². The van der Waals surface area contributed by atoms with Crippen LogP contribution in [0.4, 0.5) is 28.4 Å². The molecule has 0 bridgehead atoms. The van der Waals surface area contributed by atoms with E-state index in [0.29, 0.717) is 5.56 Å². The van der Waals surface area contributed by atoms with Gasteiger partial charge in [0.15, 0.2) is 5.75 Å². The van der Waals surface area contributed by atoms with Crippen LogP contribution in [-0.2, 0) is 10.1 Å². The topological polar surface area (TPSA) is 225 Å². The van der Waals surface area contributed by atoms with Gasteiger partial charge in [-0.25, -0.2) is 4.79 Å². The van der Waals surface area contributed by atoms with Gasteiger partial charge in [-0.1, -0.05) is 36.4 Å². The summed E-state index contributed by atoms with van der Waals surface area (Å²) >= 11 is 0. The van der Waals surface area contributed by atoms with Crippen molar-refractivity contribution in [1.29, 1.82) is 0 Å². The number of phenolic OH excluding ortho intramolecular Hbond substituents is 1. The third-order valence-corrected chi connectivity index (χ3v) is 7.25. The number of carbonyl (C=O) groups is 1. The van der Waals surface area contributed by atoms with Crippen molar-refractivity contribution in [3.63, 3.8) is 0 Å². The number of carboxylic acids is 1. The van der Waals surface area contributed by atoms with E-state index < -0.39 is 31.7 Å². The molecule has 17 heteroatoms. The van der Waals surface area contributed by atoms with E-state index in [0.717, 1.165) is 18.2 Å². The zero-order valence-corrected chi connectivity index (χ0v) is 29.0. The van der Waals surface area contributed by atoms with E-state index in [4.69, 9.17) is 5.11 Å². The van der Waals surface area contributed by atoms with Crippen LogP contribution >= 0.6 is 0 Å². The Balaban J connectivity index is 0.00000288. The second-order valence-corrected chi connectivity index (χ2v) is 10.6. The van der Waals surface area contributed by atoms with Crippen molar-refractivity contribution >= 4 is 114 Å². The van der Waals surface area contributed by atoms with Crippen molar-refractivity contribution in [3.8, 4) is 22.6 Å². The minimum atomic E-state index is -4.64. The smallest absolute Gasteiger partial charge is 0.339 e. The number of nitro groups is 1. The number of nitro benzene ring substituents is 1. The quantitative estimate of drug-likeness (QED) is 0.0449. The third-order valence-electron chi connectivity index (χ3n) is 6.36. The Morgan fingerprint density at radius 1 is 0.739 bits per heavy atom. The number of phenols is 2. The van der Waals surface area contributed by atoms with E-state index in [1.807, 2.05) is 0 Å². The molecule has 0 aliphatic rings. The molecule has 46 heavy (non-hydrogen) atoms. The number of hydrogen-bond acceptors (Lipinski definition) is 11. The maximum Gasteiger partial charge on any atom is 0.339 e. The number of benzene rings is 5. The molecule has 4 N–H and O–H groups in total. The first-order valence-corrected chi connectivity index (χ1v) is 13.9. The number of fused-ring (bicyclic) bond motifs is 1. The number of rotatable bonds is 8. The predicted molar refractivity (Wildman–Crippen MR) is 169 cm³/mol. The van der Waals surface area contributed by atoms with Crippen LogP contribution in [0.15, 0.2) is 116 Å². The van der Waals surface area contributed by atoms with Gasteiger partial charge in [-0.2, -0.15) is 23.8 Å². The second kappa shape index (κ2) is 15.0. The summed E-state index contributed by atoms with van der Waals surface area (Å²) in [6, 6.07) is 20.9. The Morgan fingerprint density at radius 2 is 1.30 bits per heavy atom. The Bertz CT molecular complexity index is 2140. The van der Waals surface area contributed by atoms with E-state index in [1.54, 1.807) is 24.3 Å². The predicted octanol–water partition coefficient (Wildman–Crippen LogP) is 6.84.